The zero-order valence-corrected chi connectivity index (χ0v) is 20.6. The van der Waals surface area contributed by atoms with E-state index in [-0.39, 0.29) is 0 Å². The summed E-state index contributed by atoms with van der Waals surface area (Å²) >= 11 is 0. The molecule has 0 radical (unpaired) electrons. The maximum atomic E-state index is 2.30. The van der Waals surface area contributed by atoms with E-state index in [1.807, 2.05) is 27.7 Å². The van der Waals surface area contributed by atoms with Gasteiger partial charge >= 0.3 is 0 Å². The molecule has 160 valence electrons. The van der Waals surface area contributed by atoms with E-state index in [2.05, 4.69) is 90.1 Å². The van der Waals surface area contributed by atoms with E-state index >= 15 is 0 Å². The van der Waals surface area contributed by atoms with Gasteiger partial charge in [0.15, 0.2) is 0 Å². The van der Waals surface area contributed by atoms with Crippen LogP contribution in [-0.2, 0) is 0 Å². The first-order chi connectivity index (χ1) is 13.5. The van der Waals surface area contributed by atoms with E-state index in [9.17, 15) is 0 Å². The van der Waals surface area contributed by atoms with Crippen LogP contribution >= 0.6 is 0 Å². The highest BCUT2D eigenvalue weighted by molar-refractivity contribution is 5.25. The quantitative estimate of drug-likeness (QED) is 0.464. The second kappa shape index (κ2) is 18.8. The van der Waals surface area contributed by atoms with Crippen LogP contribution in [0.1, 0.15) is 115 Å². The first kappa shape index (κ1) is 28.6. The smallest absolute Gasteiger partial charge is 0.0167 e. The minimum atomic E-state index is 0.755. The lowest BCUT2D eigenvalue weighted by Crippen LogP contribution is -1.94. The van der Waals surface area contributed by atoms with Crippen LogP contribution in [0.4, 0.5) is 0 Å². The molecule has 0 aliphatic heterocycles. The van der Waals surface area contributed by atoms with Crippen LogP contribution in [0.2, 0.25) is 0 Å². The summed E-state index contributed by atoms with van der Waals surface area (Å²) in [5.74, 6) is 1.51. The van der Waals surface area contributed by atoms with E-state index in [4.69, 9.17) is 0 Å². The van der Waals surface area contributed by atoms with Crippen LogP contribution in [0.3, 0.4) is 0 Å². The Morgan fingerprint density at radius 2 is 0.964 bits per heavy atom. The fourth-order valence-electron chi connectivity index (χ4n) is 3.28. The molecule has 2 aromatic carbocycles. The molecule has 0 bridgehead atoms. The van der Waals surface area contributed by atoms with Crippen LogP contribution < -0.4 is 0 Å². The maximum absolute atomic E-state index is 2.30. The molecule has 0 fully saturated rings. The number of benzene rings is 2. The topological polar surface area (TPSA) is 0 Å². The summed E-state index contributed by atoms with van der Waals surface area (Å²) in [5, 5.41) is 0. The van der Waals surface area contributed by atoms with Gasteiger partial charge in [0.2, 0.25) is 0 Å². The van der Waals surface area contributed by atoms with Gasteiger partial charge in [0.05, 0.1) is 0 Å². The second-order valence-corrected chi connectivity index (χ2v) is 6.85. The zero-order valence-electron chi connectivity index (χ0n) is 20.6. The summed E-state index contributed by atoms with van der Waals surface area (Å²) in [7, 11) is 0. The molecular weight excluding hydrogens is 336 g/mol. The predicted octanol–water partition coefficient (Wildman–Crippen LogP) is 9.85. The molecule has 0 aliphatic rings. The van der Waals surface area contributed by atoms with Crippen molar-refractivity contribution in [2.75, 3.05) is 0 Å². The van der Waals surface area contributed by atoms with Crippen molar-refractivity contribution < 1.29 is 0 Å². The summed E-state index contributed by atoms with van der Waals surface area (Å²) < 4.78 is 0. The Kier molecular flexibility index (Phi) is 19.2. The Bertz CT molecular complexity index is 557. The molecule has 0 heterocycles. The summed E-state index contributed by atoms with van der Waals surface area (Å²) in [6.07, 6.45) is 5.00. The minimum Gasteiger partial charge on any atom is -0.0683 e. The average Bonchev–Trinajstić information content (AvgIpc) is 2.75. The third kappa shape index (κ3) is 11.3. The lowest BCUT2D eigenvalue weighted by molar-refractivity contribution is 0.641. The summed E-state index contributed by atoms with van der Waals surface area (Å²) in [5.41, 5.74) is 5.72. The SMILES string of the molecule is CC.CC.CCC(CC)c1ccc(C)cc1.CCC(CC)c1cccc(C)c1. The maximum Gasteiger partial charge on any atom is -0.0167 e. The third-order valence-corrected chi connectivity index (χ3v) is 5.03. The van der Waals surface area contributed by atoms with Crippen LogP contribution in [0, 0.1) is 13.8 Å². The van der Waals surface area contributed by atoms with Crippen molar-refractivity contribution in [3.8, 4) is 0 Å². The third-order valence-electron chi connectivity index (χ3n) is 5.03. The summed E-state index contributed by atoms with van der Waals surface area (Å²) in [4.78, 5) is 0. The number of hydrogen-bond donors (Lipinski definition) is 0. The largest absolute Gasteiger partial charge is 0.0683 e. The lowest BCUT2D eigenvalue weighted by atomic mass is 9.93. The van der Waals surface area contributed by atoms with Crippen molar-refractivity contribution in [3.63, 3.8) is 0 Å². The fourth-order valence-corrected chi connectivity index (χ4v) is 3.28. The van der Waals surface area contributed by atoms with Gasteiger partial charge in [0, 0.05) is 0 Å². The Hall–Kier alpha value is -1.56. The molecular formula is C28H48. The Labute approximate surface area is 177 Å². The van der Waals surface area contributed by atoms with Gasteiger partial charge in [-0.2, -0.15) is 0 Å². The van der Waals surface area contributed by atoms with Crippen LogP contribution in [0.25, 0.3) is 0 Å². The molecule has 0 atom stereocenters. The van der Waals surface area contributed by atoms with Crippen molar-refractivity contribution in [2.24, 2.45) is 0 Å². The highest BCUT2D eigenvalue weighted by Gasteiger charge is 2.06. The molecule has 0 amide bonds. The fraction of sp³-hybridized carbons (Fsp3) is 0.571. The molecule has 0 aliphatic carbocycles. The number of rotatable bonds is 6. The van der Waals surface area contributed by atoms with Gasteiger partial charge < -0.3 is 0 Å². The molecule has 0 heteroatoms. The van der Waals surface area contributed by atoms with Gasteiger partial charge in [-0.3, -0.25) is 0 Å². The van der Waals surface area contributed by atoms with Crippen molar-refractivity contribution in [2.45, 2.75) is 107 Å². The summed E-state index contributed by atoms with van der Waals surface area (Å²) in [6.45, 7) is 21.3. The van der Waals surface area contributed by atoms with Gasteiger partial charge in [-0.15, -0.1) is 0 Å². The normalized spacial score (nSPS) is 9.57. The number of aryl methyl sites for hydroxylation is 2. The van der Waals surface area contributed by atoms with Crippen molar-refractivity contribution in [1.29, 1.82) is 0 Å². The van der Waals surface area contributed by atoms with Gasteiger partial charge in [-0.1, -0.05) is 115 Å². The molecule has 0 aromatic heterocycles. The van der Waals surface area contributed by atoms with E-state index < -0.39 is 0 Å². The van der Waals surface area contributed by atoms with Gasteiger partial charge in [0.25, 0.3) is 0 Å². The summed E-state index contributed by atoms with van der Waals surface area (Å²) in [6, 6.07) is 17.8. The Morgan fingerprint density at radius 3 is 1.36 bits per heavy atom. The van der Waals surface area contributed by atoms with Crippen molar-refractivity contribution in [3.05, 3.63) is 70.8 Å². The first-order valence-corrected chi connectivity index (χ1v) is 11.7. The molecule has 0 spiro atoms. The highest BCUT2D eigenvalue weighted by atomic mass is 14.1. The first-order valence-electron chi connectivity index (χ1n) is 11.7. The standard InChI is InChI=1S/2C12H18.2C2H6/c1-4-11(5-2)12-8-6-10(3)7-9-12;1-4-11(5-2)12-8-6-7-10(3)9-12;2*1-2/h2*6-9,11H,4-5H2,1-3H3;2*1-2H3. The Morgan fingerprint density at radius 1 is 0.536 bits per heavy atom. The van der Waals surface area contributed by atoms with Gasteiger partial charge in [0.1, 0.15) is 0 Å². The van der Waals surface area contributed by atoms with E-state index in [1.165, 1.54) is 47.9 Å². The number of hydrogen-bond acceptors (Lipinski definition) is 0. The minimum absolute atomic E-state index is 0.755. The van der Waals surface area contributed by atoms with Crippen LogP contribution in [-0.4, -0.2) is 0 Å². The predicted molar refractivity (Wildman–Crippen MR) is 132 cm³/mol. The van der Waals surface area contributed by atoms with E-state index in [0.717, 1.165) is 11.8 Å². The zero-order chi connectivity index (χ0) is 21.9. The van der Waals surface area contributed by atoms with Crippen molar-refractivity contribution in [1.82, 2.24) is 0 Å². The van der Waals surface area contributed by atoms with Gasteiger partial charge in [-0.05, 0) is 62.5 Å². The van der Waals surface area contributed by atoms with E-state index in [0.29, 0.717) is 0 Å². The average molecular weight is 385 g/mol. The molecule has 0 nitrogen and oxygen atoms in total. The van der Waals surface area contributed by atoms with Crippen molar-refractivity contribution >= 4 is 0 Å². The Balaban J connectivity index is 0. The molecule has 0 unspecified atom stereocenters. The molecule has 0 saturated carbocycles. The molecule has 0 saturated heterocycles. The van der Waals surface area contributed by atoms with E-state index in [1.54, 1.807) is 0 Å². The molecule has 0 N–H and O–H groups in total. The van der Waals surface area contributed by atoms with Gasteiger partial charge in [-0.25, -0.2) is 0 Å². The second-order valence-electron chi connectivity index (χ2n) is 6.85. The molecule has 2 rings (SSSR count). The van der Waals surface area contributed by atoms with Crippen LogP contribution in [0.15, 0.2) is 48.5 Å². The highest BCUT2D eigenvalue weighted by Crippen LogP contribution is 2.23. The monoisotopic (exact) mass is 384 g/mol. The van der Waals surface area contributed by atoms with Crippen LogP contribution in [0.5, 0.6) is 0 Å². The lowest BCUT2D eigenvalue weighted by Gasteiger charge is -2.12. The molecule has 28 heavy (non-hydrogen) atoms. The molecule has 2 aromatic rings.